The zero-order valence-electron chi connectivity index (χ0n) is 15.2. The lowest BCUT2D eigenvalue weighted by Gasteiger charge is -2.42. The number of amides is 1. The Balaban J connectivity index is 1.78. The van der Waals surface area contributed by atoms with Crippen LogP contribution in [0.2, 0.25) is 0 Å². The fourth-order valence-electron chi connectivity index (χ4n) is 3.27. The van der Waals surface area contributed by atoms with Crippen molar-refractivity contribution in [1.29, 1.82) is 5.26 Å². The number of hydrogen-bond acceptors (Lipinski definition) is 7. The first-order valence-electron chi connectivity index (χ1n) is 8.51. The average Bonchev–Trinajstić information content (AvgIpc) is 2.57. The fraction of sp³-hybridized carbons (Fsp3) is 0.556. The van der Waals surface area contributed by atoms with Gasteiger partial charge in [-0.05, 0) is 33.6 Å². The van der Waals surface area contributed by atoms with Crippen LogP contribution in [-0.4, -0.2) is 47.1 Å². The minimum atomic E-state index is -0.735. The van der Waals surface area contributed by atoms with Crippen LogP contribution in [0.4, 0.5) is 10.5 Å². The lowest BCUT2D eigenvalue weighted by molar-refractivity contribution is 0.00169. The molecule has 2 aliphatic heterocycles. The molecule has 0 bridgehead atoms. The SMILES string of the molecule is CC(C)(C)OC(=O)N1CCC2(CC1)COc1c(ncc(N)c1C#N)C2=O. The van der Waals surface area contributed by atoms with Gasteiger partial charge in [0.05, 0.1) is 17.3 Å². The van der Waals surface area contributed by atoms with Gasteiger partial charge in [-0.1, -0.05) is 0 Å². The second-order valence-corrected chi connectivity index (χ2v) is 7.74. The molecule has 3 rings (SSSR count). The molecule has 0 aromatic carbocycles. The van der Waals surface area contributed by atoms with E-state index in [2.05, 4.69) is 4.98 Å². The summed E-state index contributed by atoms with van der Waals surface area (Å²) in [5.74, 6) is 0.0109. The van der Waals surface area contributed by atoms with Gasteiger partial charge in [0.2, 0.25) is 0 Å². The number of Topliss-reactive ketones (excluding diaryl/α,β-unsaturated/α-hetero) is 1. The summed E-state index contributed by atoms with van der Waals surface area (Å²) in [6, 6.07) is 1.97. The number of carbonyl (C=O) groups excluding carboxylic acids is 2. The van der Waals surface area contributed by atoms with Crippen LogP contribution in [0.15, 0.2) is 6.20 Å². The molecular formula is C18H22N4O4. The molecule has 1 saturated heterocycles. The van der Waals surface area contributed by atoms with E-state index in [1.54, 1.807) is 4.90 Å². The van der Waals surface area contributed by atoms with Crippen molar-refractivity contribution in [2.45, 2.75) is 39.2 Å². The zero-order valence-corrected chi connectivity index (χ0v) is 15.2. The molecule has 26 heavy (non-hydrogen) atoms. The number of piperidine rings is 1. The molecule has 1 aromatic rings. The van der Waals surface area contributed by atoms with Crippen LogP contribution in [0.25, 0.3) is 0 Å². The van der Waals surface area contributed by atoms with Crippen molar-refractivity contribution in [2.24, 2.45) is 5.41 Å². The number of ether oxygens (including phenoxy) is 2. The highest BCUT2D eigenvalue weighted by molar-refractivity contribution is 6.03. The molecule has 1 aromatic heterocycles. The second-order valence-electron chi connectivity index (χ2n) is 7.74. The third-order valence-corrected chi connectivity index (χ3v) is 4.74. The van der Waals surface area contributed by atoms with E-state index in [1.807, 2.05) is 26.8 Å². The summed E-state index contributed by atoms with van der Waals surface area (Å²) in [5.41, 5.74) is 4.92. The van der Waals surface area contributed by atoms with Crippen molar-refractivity contribution in [3.05, 3.63) is 17.5 Å². The molecule has 0 radical (unpaired) electrons. The van der Waals surface area contributed by atoms with Gasteiger partial charge in [0, 0.05) is 13.1 Å². The molecule has 8 heteroatoms. The van der Waals surface area contributed by atoms with Gasteiger partial charge in [0.25, 0.3) is 0 Å². The van der Waals surface area contributed by atoms with E-state index in [-0.39, 0.29) is 41.2 Å². The number of nitriles is 1. The minimum absolute atomic E-state index is 0.143. The topological polar surface area (TPSA) is 119 Å². The molecule has 0 unspecified atom stereocenters. The quantitative estimate of drug-likeness (QED) is 0.754. The number of nitrogens with two attached hydrogens (primary N) is 1. The smallest absolute Gasteiger partial charge is 0.410 e. The number of carbonyl (C=O) groups is 2. The first kappa shape index (κ1) is 18.0. The number of fused-ring (bicyclic) bond motifs is 1. The van der Waals surface area contributed by atoms with Crippen LogP contribution in [-0.2, 0) is 4.74 Å². The first-order chi connectivity index (χ1) is 12.2. The molecule has 2 N–H and O–H groups in total. The van der Waals surface area contributed by atoms with E-state index in [9.17, 15) is 14.9 Å². The maximum atomic E-state index is 13.1. The molecule has 3 heterocycles. The Hall–Kier alpha value is -2.82. The number of nitrogens with zero attached hydrogens (tertiary/aromatic N) is 3. The summed E-state index contributed by atoms with van der Waals surface area (Å²) in [7, 11) is 0. The standard InChI is InChI=1S/C18H22N4O4/c1-17(2,3)26-16(24)22-6-4-18(5-7-22)10-25-14-11(8-19)12(20)9-21-13(14)15(18)23/h9H,4-7,10,20H2,1-3H3. The molecule has 138 valence electrons. The monoisotopic (exact) mass is 358 g/mol. The van der Waals surface area contributed by atoms with Crippen molar-refractivity contribution in [2.75, 3.05) is 25.4 Å². The number of nitrogen functional groups attached to an aromatic ring is 1. The van der Waals surface area contributed by atoms with Gasteiger partial charge < -0.3 is 20.1 Å². The van der Waals surface area contributed by atoms with Crippen molar-refractivity contribution >= 4 is 17.6 Å². The maximum Gasteiger partial charge on any atom is 0.410 e. The highest BCUT2D eigenvalue weighted by Crippen LogP contribution is 2.43. The van der Waals surface area contributed by atoms with Gasteiger partial charge in [-0.25, -0.2) is 9.78 Å². The van der Waals surface area contributed by atoms with E-state index in [4.69, 9.17) is 15.2 Å². The predicted octanol–water partition coefficient (Wildman–Crippen LogP) is 2.13. The van der Waals surface area contributed by atoms with Crippen LogP contribution in [0.5, 0.6) is 5.75 Å². The average molecular weight is 358 g/mol. The number of pyridine rings is 1. The molecule has 0 aliphatic carbocycles. The predicted molar refractivity (Wildman–Crippen MR) is 92.7 cm³/mol. The van der Waals surface area contributed by atoms with E-state index in [0.29, 0.717) is 25.9 Å². The van der Waals surface area contributed by atoms with E-state index in [0.717, 1.165) is 0 Å². The van der Waals surface area contributed by atoms with Crippen LogP contribution < -0.4 is 10.5 Å². The Bertz CT molecular complexity index is 799. The van der Waals surface area contributed by atoms with Gasteiger partial charge in [-0.2, -0.15) is 5.26 Å². The molecule has 1 spiro atoms. The van der Waals surface area contributed by atoms with Gasteiger partial charge in [-0.15, -0.1) is 0 Å². The summed E-state index contributed by atoms with van der Waals surface area (Å²) in [5, 5.41) is 9.24. The summed E-state index contributed by atoms with van der Waals surface area (Å²) in [4.78, 5) is 31.0. The van der Waals surface area contributed by atoms with Gasteiger partial charge >= 0.3 is 6.09 Å². The molecule has 0 atom stereocenters. The summed E-state index contributed by atoms with van der Waals surface area (Å²) in [6.07, 6.45) is 1.85. The Morgan fingerprint density at radius 3 is 2.65 bits per heavy atom. The van der Waals surface area contributed by atoms with Crippen LogP contribution >= 0.6 is 0 Å². The minimum Gasteiger partial charge on any atom is -0.489 e. The Morgan fingerprint density at radius 2 is 2.08 bits per heavy atom. The highest BCUT2D eigenvalue weighted by Gasteiger charge is 2.48. The van der Waals surface area contributed by atoms with E-state index >= 15 is 0 Å². The Labute approximate surface area is 151 Å². The van der Waals surface area contributed by atoms with E-state index < -0.39 is 11.0 Å². The molecule has 2 aliphatic rings. The molecule has 0 saturated carbocycles. The maximum absolute atomic E-state index is 13.1. The number of aromatic nitrogens is 1. The molecule has 1 fully saturated rings. The largest absolute Gasteiger partial charge is 0.489 e. The third-order valence-electron chi connectivity index (χ3n) is 4.74. The van der Waals surface area contributed by atoms with Crippen LogP contribution in [0.1, 0.15) is 49.7 Å². The normalized spacial score (nSPS) is 18.7. The van der Waals surface area contributed by atoms with Crippen molar-refractivity contribution in [3.63, 3.8) is 0 Å². The van der Waals surface area contributed by atoms with Crippen LogP contribution in [0, 0.1) is 16.7 Å². The summed E-state index contributed by atoms with van der Waals surface area (Å²) in [6.45, 7) is 6.40. The van der Waals surface area contributed by atoms with E-state index in [1.165, 1.54) is 6.20 Å². The van der Waals surface area contributed by atoms with Crippen molar-refractivity contribution in [3.8, 4) is 11.8 Å². The number of likely N-dealkylation sites (tertiary alicyclic amines) is 1. The lowest BCUT2D eigenvalue weighted by Crippen LogP contribution is -2.51. The summed E-state index contributed by atoms with van der Waals surface area (Å²) >= 11 is 0. The lowest BCUT2D eigenvalue weighted by atomic mass is 9.73. The fourth-order valence-corrected chi connectivity index (χ4v) is 3.27. The Kier molecular flexibility index (Phi) is 4.26. The molecule has 8 nitrogen and oxygen atoms in total. The number of rotatable bonds is 0. The van der Waals surface area contributed by atoms with Gasteiger partial charge in [-0.3, -0.25) is 4.79 Å². The molecular weight excluding hydrogens is 336 g/mol. The highest BCUT2D eigenvalue weighted by atomic mass is 16.6. The number of hydrogen-bond donors (Lipinski definition) is 1. The number of ketones is 1. The first-order valence-corrected chi connectivity index (χ1v) is 8.51. The van der Waals surface area contributed by atoms with Crippen molar-refractivity contribution in [1.82, 2.24) is 9.88 Å². The number of anilines is 1. The van der Waals surface area contributed by atoms with Gasteiger partial charge in [0.1, 0.15) is 23.8 Å². The van der Waals surface area contributed by atoms with Crippen LogP contribution in [0.3, 0.4) is 0 Å². The zero-order chi connectivity index (χ0) is 19.1. The third kappa shape index (κ3) is 3.05. The second kappa shape index (κ2) is 6.16. The van der Waals surface area contributed by atoms with Gasteiger partial charge in [0.15, 0.2) is 17.2 Å². The molecule has 1 amide bonds. The Morgan fingerprint density at radius 1 is 1.42 bits per heavy atom. The summed E-state index contributed by atoms with van der Waals surface area (Å²) < 4.78 is 11.1. The van der Waals surface area contributed by atoms with Crippen molar-refractivity contribution < 1.29 is 19.1 Å².